The highest BCUT2D eigenvalue weighted by atomic mass is 16.5. The molecule has 0 aliphatic heterocycles. The zero-order valence-electron chi connectivity index (χ0n) is 11.8. The molecule has 2 rings (SSSR count). The van der Waals surface area contributed by atoms with E-state index < -0.39 is 0 Å². The van der Waals surface area contributed by atoms with Crippen LogP contribution in [0.2, 0.25) is 0 Å². The maximum absolute atomic E-state index is 11.5. The van der Waals surface area contributed by atoms with Crippen LogP contribution in [0.4, 0.5) is 4.79 Å². The van der Waals surface area contributed by atoms with E-state index in [-0.39, 0.29) is 6.03 Å². The zero-order chi connectivity index (χ0) is 14.4. The third kappa shape index (κ3) is 3.48. The largest absolute Gasteiger partial charge is 0.383 e. The van der Waals surface area contributed by atoms with Gasteiger partial charge in [0.25, 0.3) is 0 Å². The summed E-state index contributed by atoms with van der Waals surface area (Å²) >= 11 is 0. The van der Waals surface area contributed by atoms with Gasteiger partial charge in [-0.2, -0.15) is 0 Å². The quantitative estimate of drug-likeness (QED) is 0.775. The molecule has 6 nitrogen and oxygen atoms in total. The summed E-state index contributed by atoms with van der Waals surface area (Å²) in [6.45, 7) is 1.62. The molecule has 0 saturated heterocycles. The third-order valence-corrected chi connectivity index (χ3v) is 3.09. The number of carbonyl (C=O) groups excluding carboxylic acids is 1. The van der Waals surface area contributed by atoms with Gasteiger partial charge in [0, 0.05) is 45.0 Å². The van der Waals surface area contributed by atoms with Crippen LogP contribution in [0, 0.1) is 0 Å². The van der Waals surface area contributed by atoms with Crippen molar-refractivity contribution in [2.45, 2.75) is 6.42 Å². The predicted octanol–water partition coefficient (Wildman–Crippen LogP) is 1.06. The second-order valence-electron chi connectivity index (χ2n) is 4.57. The Bertz CT molecular complexity index is 580. The molecule has 2 amide bonds. The second kappa shape index (κ2) is 6.91. The molecular formula is C14H20N4O2. The minimum absolute atomic E-state index is 0.166. The number of pyridine rings is 1. The summed E-state index contributed by atoms with van der Waals surface area (Å²) in [6, 6.07) is 3.81. The van der Waals surface area contributed by atoms with Crippen molar-refractivity contribution in [2.75, 3.05) is 26.8 Å². The summed E-state index contributed by atoms with van der Waals surface area (Å²) in [5.74, 6) is 0. The minimum atomic E-state index is -0.166. The van der Waals surface area contributed by atoms with E-state index in [1.165, 1.54) is 5.56 Å². The Labute approximate surface area is 118 Å². The molecule has 0 aromatic carbocycles. The molecule has 0 spiro atoms. The van der Waals surface area contributed by atoms with E-state index in [4.69, 9.17) is 4.74 Å². The molecule has 2 aromatic heterocycles. The molecule has 108 valence electrons. The van der Waals surface area contributed by atoms with E-state index in [0.29, 0.717) is 19.7 Å². The maximum atomic E-state index is 11.5. The van der Waals surface area contributed by atoms with Gasteiger partial charge in [0.1, 0.15) is 5.65 Å². The molecule has 2 heterocycles. The van der Waals surface area contributed by atoms with Gasteiger partial charge in [0.05, 0.1) is 6.61 Å². The normalized spacial score (nSPS) is 10.7. The molecule has 0 radical (unpaired) electrons. The second-order valence-corrected chi connectivity index (χ2v) is 4.57. The number of fused-ring (bicyclic) bond motifs is 1. The van der Waals surface area contributed by atoms with E-state index in [0.717, 1.165) is 17.5 Å². The fraction of sp³-hybridized carbons (Fsp3) is 0.429. The third-order valence-electron chi connectivity index (χ3n) is 3.09. The number of hydrogen-bond donors (Lipinski definition) is 2. The molecule has 2 N–H and O–H groups in total. The van der Waals surface area contributed by atoms with Crippen molar-refractivity contribution >= 4 is 17.1 Å². The van der Waals surface area contributed by atoms with Gasteiger partial charge in [-0.15, -0.1) is 0 Å². The molecule has 0 aliphatic carbocycles. The number of rotatable bonds is 6. The average molecular weight is 276 g/mol. The lowest BCUT2D eigenvalue weighted by atomic mass is 10.1. The van der Waals surface area contributed by atoms with Crippen molar-refractivity contribution in [1.82, 2.24) is 20.2 Å². The van der Waals surface area contributed by atoms with Gasteiger partial charge in [0.2, 0.25) is 0 Å². The first-order valence-corrected chi connectivity index (χ1v) is 6.62. The van der Waals surface area contributed by atoms with Crippen molar-refractivity contribution in [3.63, 3.8) is 0 Å². The number of aryl methyl sites for hydroxylation is 1. The van der Waals surface area contributed by atoms with Gasteiger partial charge in [-0.1, -0.05) is 0 Å². The smallest absolute Gasteiger partial charge is 0.314 e. The first-order chi connectivity index (χ1) is 9.72. The van der Waals surface area contributed by atoms with E-state index in [2.05, 4.69) is 27.9 Å². The van der Waals surface area contributed by atoms with E-state index in [1.54, 1.807) is 13.3 Å². The SMILES string of the molecule is COCCNC(=O)NCCc1cn(C)c2ncccc12. The fourth-order valence-corrected chi connectivity index (χ4v) is 2.13. The number of nitrogens with zero attached hydrogens (tertiary/aromatic N) is 2. The van der Waals surface area contributed by atoms with Gasteiger partial charge in [-0.25, -0.2) is 9.78 Å². The number of urea groups is 1. The average Bonchev–Trinajstić information content (AvgIpc) is 2.77. The van der Waals surface area contributed by atoms with Crippen molar-refractivity contribution in [3.05, 3.63) is 30.1 Å². The van der Waals surface area contributed by atoms with Crippen molar-refractivity contribution < 1.29 is 9.53 Å². The molecule has 20 heavy (non-hydrogen) atoms. The highest BCUT2D eigenvalue weighted by molar-refractivity contribution is 5.80. The van der Waals surface area contributed by atoms with Crippen molar-refractivity contribution in [2.24, 2.45) is 7.05 Å². The number of hydrogen-bond acceptors (Lipinski definition) is 3. The van der Waals surface area contributed by atoms with Crippen LogP contribution >= 0.6 is 0 Å². The van der Waals surface area contributed by atoms with Crippen LogP contribution in [0.5, 0.6) is 0 Å². The monoisotopic (exact) mass is 276 g/mol. The first-order valence-electron chi connectivity index (χ1n) is 6.62. The van der Waals surface area contributed by atoms with Gasteiger partial charge in [0.15, 0.2) is 0 Å². The molecule has 0 bridgehead atoms. The number of methoxy groups -OCH3 is 1. The van der Waals surface area contributed by atoms with E-state index >= 15 is 0 Å². The summed E-state index contributed by atoms with van der Waals surface area (Å²) in [4.78, 5) is 15.8. The number of carbonyl (C=O) groups is 1. The number of nitrogens with one attached hydrogen (secondary N) is 2. The minimum Gasteiger partial charge on any atom is -0.383 e. The standard InChI is InChI=1S/C14H20N4O2/c1-18-10-11(12-4-3-6-15-13(12)18)5-7-16-14(19)17-8-9-20-2/h3-4,6,10H,5,7-9H2,1-2H3,(H2,16,17,19). The molecule has 0 atom stereocenters. The Kier molecular flexibility index (Phi) is 4.95. The van der Waals surface area contributed by atoms with E-state index in [9.17, 15) is 4.79 Å². The van der Waals surface area contributed by atoms with Crippen LogP contribution < -0.4 is 10.6 Å². The van der Waals surface area contributed by atoms with Crippen LogP contribution in [-0.2, 0) is 18.2 Å². The lowest BCUT2D eigenvalue weighted by molar-refractivity contribution is 0.196. The van der Waals surface area contributed by atoms with Crippen molar-refractivity contribution in [3.8, 4) is 0 Å². The zero-order valence-corrected chi connectivity index (χ0v) is 11.8. The molecular weight excluding hydrogens is 256 g/mol. The summed E-state index contributed by atoms with van der Waals surface area (Å²) < 4.78 is 6.87. The van der Waals surface area contributed by atoms with Crippen LogP contribution in [0.1, 0.15) is 5.56 Å². The Hall–Kier alpha value is -2.08. The highest BCUT2D eigenvalue weighted by Gasteiger charge is 2.07. The molecule has 0 fully saturated rings. The molecule has 6 heteroatoms. The Balaban J connectivity index is 1.86. The topological polar surface area (TPSA) is 68.2 Å². The molecule has 0 aliphatic rings. The maximum Gasteiger partial charge on any atom is 0.314 e. The van der Waals surface area contributed by atoms with Gasteiger partial charge >= 0.3 is 6.03 Å². The predicted molar refractivity (Wildman–Crippen MR) is 77.7 cm³/mol. The Morgan fingerprint density at radius 1 is 1.40 bits per heavy atom. The summed E-state index contributed by atoms with van der Waals surface area (Å²) in [5, 5.41) is 6.68. The Morgan fingerprint density at radius 3 is 3.00 bits per heavy atom. The van der Waals surface area contributed by atoms with Crippen LogP contribution in [0.25, 0.3) is 11.0 Å². The fourth-order valence-electron chi connectivity index (χ4n) is 2.13. The van der Waals surface area contributed by atoms with Crippen LogP contribution in [-0.4, -0.2) is 42.4 Å². The van der Waals surface area contributed by atoms with Crippen LogP contribution in [0.3, 0.4) is 0 Å². The lowest BCUT2D eigenvalue weighted by Crippen LogP contribution is -2.38. The summed E-state index contributed by atoms with van der Waals surface area (Å²) in [7, 11) is 3.58. The first kappa shape index (κ1) is 14.3. The molecule has 0 saturated carbocycles. The van der Waals surface area contributed by atoms with Crippen LogP contribution in [0.15, 0.2) is 24.5 Å². The Morgan fingerprint density at radius 2 is 2.20 bits per heavy atom. The summed E-state index contributed by atoms with van der Waals surface area (Å²) in [6.07, 6.45) is 4.62. The number of aromatic nitrogens is 2. The lowest BCUT2D eigenvalue weighted by Gasteiger charge is -2.06. The van der Waals surface area contributed by atoms with Gasteiger partial charge < -0.3 is 19.9 Å². The molecule has 0 unspecified atom stereocenters. The van der Waals surface area contributed by atoms with Crippen molar-refractivity contribution in [1.29, 1.82) is 0 Å². The highest BCUT2D eigenvalue weighted by Crippen LogP contribution is 2.18. The number of amides is 2. The molecule has 2 aromatic rings. The number of ether oxygens (including phenoxy) is 1. The van der Waals surface area contributed by atoms with Gasteiger partial charge in [-0.05, 0) is 24.1 Å². The van der Waals surface area contributed by atoms with Gasteiger partial charge in [-0.3, -0.25) is 0 Å². The summed E-state index contributed by atoms with van der Waals surface area (Å²) in [5.41, 5.74) is 2.15. The van der Waals surface area contributed by atoms with E-state index in [1.807, 2.05) is 17.7 Å².